The van der Waals surface area contributed by atoms with E-state index in [4.69, 9.17) is 10.5 Å². The van der Waals surface area contributed by atoms with E-state index in [-0.39, 0.29) is 5.91 Å². The second kappa shape index (κ2) is 6.21. The predicted octanol–water partition coefficient (Wildman–Crippen LogP) is 1.31. The lowest BCUT2D eigenvalue weighted by atomic mass is 10.2. The Morgan fingerprint density at radius 2 is 2.37 bits per heavy atom. The minimum atomic E-state index is -0.129. The number of nitrogens with zero attached hydrogens (tertiary/aromatic N) is 1. The van der Waals surface area contributed by atoms with Crippen LogP contribution in [0.15, 0.2) is 0 Å². The van der Waals surface area contributed by atoms with Crippen LogP contribution in [0.5, 0.6) is 0 Å². The molecular formula is C12H20N4O2S. The second-order valence-corrected chi connectivity index (χ2v) is 5.73. The molecule has 0 aromatic carbocycles. The first kappa shape index (κ1) is 14.1. The Hall–Kier alpha value is -1.34. The number of anilines is 2. The van der Waals surface area contributed by atoms with Crippen LogP contribution in [-0.2, 0) is 4.74 Å². The van der Waals surface area contributed by atoms with Gasteiger partial charge in [0.05, 0.1) is 6.61 Å². The summed E-state index contributed by atoms with van der Waals surface area (Å²) >= 11 is 1.22. The summed E-state index contributed by atoms with van der Waals surface area (Å²) in [6.45, 7) is 3.47. The molecule has 19 heavy (non-hydrogen) atoms. The number of carbonyl (C=O) groups is 1. The van der Waals surface area contributed by atoms with Crippen molar-refractivity contribution in [3.8, 4) is 0 Å². The molecule has 0 radical (unpaired) electrons. The highest BCUT2D eigenvalue weighted by molar-refractivity contribution is 7.11. The van der Waals surface area contributed by atoms with Gasteiger partial charge in [-0.2, -0.15) is 4.37 Å². The maximum absolute atomic E-state index is 12.1. The van der Waals surface area contributed by atoms with Crippen LogP contribution >= 0.6 is 11.5 Å². The largest absolute Gasteiger partial charge is 0.384 e. The van der Waals surface area contributed by atoms with E-state index in [1.807, 2.05) is 0 Å². The van der Waals surface area contributed by atoms with E-state index in [2.05, 4.69) is 21.9 Å². The molecule has 1 amide bonds. The number of nitrogen functional groups attached to an aromatic ring is 1. The lowest BCUT2D eigenvalue weighted by molar-refractivity contribution is 0.0953. The van der Waals surface area contributed by atoms with Crippen molar-refractivity contribution in [1.29, 1.82) is 0 Å². The molecule has 7 heteroatoms. The van der Waals surface area contributed by atoms with Crippen molar-refractivity contribution < 1.29 is 9.53 Å². The van der Waals surface area contributed by atoms with Gasteiger partial charge in [-0.15, -0.1) is 0 Å². The molecule has 0 saturated heterocycles. The standard InChI is InChI=1S/C12H20N4O2S/c1-7(6-18-2)5-14-12-9(10(13)16-19-12)11(17)15-8-3-4-8/h7-8,14H,3-6H2,1-2H3,(H2,13,16)(H,15,17). The van der Waals surface area contributed by atoms with Crippen molar-refractivity contribution in [3.63, 3.8) is 0 Å². The number of ether oxygens (including phenoxy) is 1. The summed E-state index contributed by atoms with van der Waals surface area (Å²) in [5, 5.41) is 6.90. The van der Waals surface area contributed by atoms with Gasteiger partial charge in [-0.3, -0.25) is 4.79 Å². The van der Waals surface area contributed by atoms with Crippen LogP contribution in [0, 0.1) is 5.92 Å². The summed E-state index contributed by atoms with van der Waals surface area (Å²) in [6, 6.07) is 0.312. The zero-order chi connectivity index (χ0) is 13.8. The minimum Gasteiger partial charge on any atom is -0.384 e. The average Bonchev–Trinajstić information content (AvgIpc) is 3.09. The molecule has 1 atom stereocenters. The molecule has 1 saturated carbocycles. The fourth-order valence-corrected chi connectivity index (χ4v) is 2.46. The Balaban J connectivity index is 1.97. The Kier molecular flexibility index (Phi) is 4.60. The summed E-state index contributed by atoms with van der Waals surface area (Å²) in [6.07, 6.45) is 2.10. The van der Waals surface area contributed by atoms with Gasteiger partial charge in [0.1, 0.15) is 10.6 Å². The molecule has 1 unspecified atom stereocenters. The Bertz CT molecular complexity index is 445. The fourth-order valence-electron chi connectivity index (χ4n) is 1.74. The first-order valence-corrected chi connectivity index (χ1v) is 7.18. The zero-order valence-electron chi connectivity index (χ0n) is 11.2. The van der Waals surface area contributed by atoms with Gasteiger partial charge in [-0.25, -0.2) is 0 Å². The zero-order valence-corrected chi connectivity index (χ0v) is 12.0. The first-order valence-electron chi connectivity index (χ1n) is 6.40. The quantitative estimate of drug-likeness (QED) is 0.702. The highest BCUT2D eigenvalue weighted by Gasteiger charge is 2.27. The number of amides is 1. The van der Waals surface area contributed by atoms with Crippen LogP contribution in [-0.4, -0.2) is 36.6 Å². The van der Waals surface area contributed by atoms with E-state index in [0.29, 0.717) is 29.9 Å². The predicted molar refractivity (Wildman–Crippen MR) is 76.5 cm³/mol. The van der Waals surface area contributed by atoms with Crippen molar-refractivity contribution in [3.05, 3.63) is 5.56 Å². The highest BCUT2D eigenvalue weighted by atomic mass is 32.1. The normalized spacial score (nSPS) is 16.1. The number of methoxy groups -OCH3 is 1. The Morgan fingerprint density at radius 3 is 3.00 bits per heavy atom. The molecule has 6 nitrogen and oxygen atoms in total. The maximum atomic E-state index is 12.1. The molecule has 1 fully saturated rings. The average molecular weight is 284 g/mol. The lowest BCUT2D eigenvalue weighted by Crippen LogP contribution is -2.27. The SMILES string of the molecule is COCC(C)CNc1snc(N)c1C(=O)NC1CC1. The molecule has 1 aromatic rings. The lowest BCUT2D eigenvalue weighted by Gasteiger charge is -2.12. The number of nitrogens with one attached hydrogen (secondary N) is 2. The number of nitrogens with two attached hydrogens (primary N) is 1. The third kappa shape index (κ3) is 3.81. The van der Waals surface area contributed by atoms with E-state index in [1.165, 1.54) is 11.5 Å². The van der Waals surface area contributed by atoms with Gasteiger partial charge in [-0.05, 0) is 30.3 Å². The summed E-state index contributed by atoms with van der Waals surface area (Å²) in [5.74, 6) is 0.522. The number of hydrogen-bond acceptors (Lipinski definition) is 6. The van der Waals surface area contributed by atoms with Gasteiger partial charge in [0.15, 0.2) is 5.82 Å². The number of hydrogen-bond donors (Lipinski definition) is 3. The molecule has 1 heterocycles. The smallest absolute Gasteiger partial charge is 0.258 e. The first-order chi connectivity index (χ1) is 9.11. The molecule has 4 N–H and O–H groups in total. The second-order valence-electron chi connectivity index (χ2n) is 4.96. The van der Waals surface area contributed by atoms with Crippen molar-refractivity contribution in [1.82, 2.24) is 9.69 Å². The minimum absolute atomic E-state index is 0.129. The molecular weight excluding hydrogens is 264 g/mol. The van der Waals surface area contributed by atoms with E-state index in [9.17, 15) is 4.79 Å². The van der Waals surface area contributed by atoms with Crippen LogP contribution in [0.3, 0.4) is 0 Å². The number of aromatic nitrogens is 1. The highest BCUT2D eigenvalue weighted by Crippen LogP contribution is 2.28. The third-order valence-electron chi connectivity index (χ3n) is 2.92. The molecule has 0 aliphatic heterocycles. The van der Waals surface area contributed by atoms with Gasteiger partial charge in [-0.1, -0.05) is 6.92 Å². The van der Waals surface area contributed by atoms with Crippen molar-refractivity contribution in [2.45, 2.75) is 25.8 Å². The molecule has 2 rings (SSSR count). The Morgan fingerprint density at radius 1 is 1.63 bits per heavy atom. The summed E-state index contributed by atoms with van der Waals surface area (Å²) < 4.78 is 9.13. The molecule has 0 spiro atoms. The fraction of sp³-hybridized carbons (Fsp3) is 0.667. The molecule has 1 aliphatic rings. The van der Waals surface area contributed by atoms with Gasteiger partial charge in [0, 0.05) is 19.7 Å². The van der Waals surface area contributed by atoms with Gasteiger partial charge < -0.3 is 21.1 Å². The van der Waals surface area contributed by atoms with Crippen LogP contribution in [0.25, 0.3) is 0 Å². The van der Waals surface area contributed by atoms with Gasteiger partial charge in [0.2, 0.25) is 0 Å². The third-order valence-corrected chi connectivity index (χ3v) is 3.74. The van der Waals surface area contributed by atoms with E-state index >= 15 is 0 Å². The van der Waals surface area contributed by atoms with Crippen molar-refractivity contribution >= 4 is 28.3 Å². The van der Waals surface area contributed by atoms with E-state index in [0.717, 1.165) is 24.4 Å². The molecule has 1 aliphatic carbocycles. The van der Waals surface area contributed by atoms with Crippen molar-refractivity contribution in [2.24, 2.45) is 5.92 Å². The Labute approximate surface area is 116 Å². The summed E-state index contributed by atoms with van der Waals surface area (Å²) in [7, 11) is 1.68. The maximum Gasteiger partial charge on any atom is 0.258 e. The molecule has 0 bridgehead atoms. The van der Waals surface area contributed by atoms with Crippen LogP contribution in [0.4, 0.5) is 10.8 Å². The topological polar surface area (TPSA) is 89.3 Å². The molecule has 106 valence electrons. The van der Waals surface area contributed by atoms with Gasteiger partial charge >= 0.3 is 0 Å². The van der Waals surface area contributed by atoms with E-state index in [1.54, 1.807) is 7.11 Å². The van der Waals surface area contributed by atoms with Crippen LogP contribution in [0.1, 0.15) is 30.1 Å². The van der Waals surface area contributed by atoms with Gasteiger partial charge in [0.25, 0.3) is 5.91 Å². The monoisotopic (exact) mass is 284 g/mol. The number of rotatable bonds is 7. The summed E-state index contributed by atoms with van der Waals surface area (Å²) in [5.41, 5.74) is 6.25. The summed E-state index contributed by atoms with van der Waals surface area (Å²) in [4.78, 5) is 12.1. The van der Waals surface area contributed by atoms with Crippen LogP contribution in [0.2, 0.25) is 0 Å². The van der Waals surface area contributed by atoms with Crippen LogP contribution < -0.4 is 16.4 Å². The van der Waals surface area contributed by atoms with Crippen molar-refractivity contribution in [2.75, 3.05) is 31.3 Å². The van der Waals surface area contributed by atoms with E-state index < -0.39 is 0 Å². The number of carbonyl (C=O) groups excluding carboxylic acids is 1. The molecule has 1 aromatic heterocycles.